The van der Waals surface area contributed by atoms with Gasteiger partial charge in [-0.15, -0.1) is 0 Å². The van der Waals surface area contributed by atoms with Gasteiger partial charge < -0.3 is 15.0 Å². The van der Waals surface area contributed by atoms with Gasteiger partial charge in [0.25, 0.3) is 0 Å². The first-order valence-corrected chi connectivity index (χ1v) is 15.5. The lowest BCUT2D eigenvalue weighted by Crippen LogP contribution is -2.43. The number of sulfonamides is 1. The zero-order chi connectivity index (χ0) is 27.0. The van der Waals surface area contributed by atoms with Crippen LogP contribution in [-0.4, -0.2) is 90.5 Å². The van der Waals surface area contributed by atoms with E-state index in [1.165, 1.54) is 7.05 Å². The highest BCUT2D eigenvalue weighted by atomic mass is 32.2. The Balaban J connectivity index is 1.20. The molecule has 4 aliphatic heterocycles. The minimum atomic E-state index is -3.33. The fraction of sp³-hybridized carbons (Fsp3) is 0.720. The van der Waals surface area contributed by atoms with Gasteiger partial charge in [-0.05, 0) is 51.9 Å². The number of hydrogen-bond acceptors (Lipinski definition) is 10. The standard InChI is InChI=1S/C25H38FN9O3S/c1-27-39(36,37)17-29-12-19-10-20-15-33(7-3-9-35(20)32-19)23-21-4-6-28-13-22(21)30-24(31-23)38-16-25-5-2-8-34(25)14-18(26)11-25/h10,18,27-29H,2-9,11-17H2,1H3/t18-,25+/m1/s1. The quantitative estimate of drug-likeness (QED) is 0.391. The van der Waals surface area contributed by atoms with Crippen LogP contribution in [0, 0.1) is 0 Å². The van der Waals surface area contributed by atoms with Crippen LogP contribution in [-0.2, 0) is 42.6 Å². The molecule has 0 saturated carbocycles. The van der Waals surface area contributed by atoms with Gasteiger partial charge in [-0.1, -0.05) is 0 Å². The number of anilines is 1. The molecule has 2 saturated heterocycles. The van der Waals surface area contributed by atoms with E-state index in [1.54, 1.807) is 0 Å². The zero-order valence-corrected chi connectivity index (χ0v) is 23.3. The van der Waals surface area contributed by atoms with Gasteiger partial charge in [0.05, 0.1) is 29.2 Å². The molecule has 6 rings (SSSR count). The second-order valence-electron chi connectivity index (χ2n) is 11.1. The van der Waals surface area contributed by atoms with Gasteiger partial charge in [0.2, 0.25) is 10.0 Å². The predicted octanol–water partition coefficient (Wildman–Crippen LogP) is 0.281. The number of nitrogens with zero attached hydrogens (tertiary/aromatic N) is 6. The van der Waals surface area contributed by atoms with E-state index < -0.39 is 16.2 Å². The van der Waals surface area contributed by atoms with Crippen molar-refractivity contribution in [3.63, 3.8) is 0 Å². The molecule has 0 aliphatic carbocycles. The molecule has 2 aromatic heterocycles. The van der Waals surface area contributed by atoms with Crippen molar-refractivity contribution in [2.75, 3.05) is 50.6 Å². The van der Waals surface area contributed by atoms with Gasteiger partial charge in [0.15, 0.2) is 0 Å². The fourth-order valence-electron chi connectivity index (χ4n) is 6.47. The molecule has 6 heterocycles. The summed E-state index contributed by atoms with van der Waals surface area (Å²) in [7, 11) is -1.93. The van der Waals surface area contributed by atoms with Crippen molar-refractivity contribution in [1.82, 2.24) is 40.0 Å². The first-order chi connectivity index (χ1) is 18.8. The predicted molar refractivity (Wildman–Crippen MR) is 144 cm³/mol. The van der Waals surface area contributed by atoms with Crippen LogP contribution in [0.15, 0.2) is 6.07 Å². The smallest absolute Gasteiger partial charge is 0.318 e. The molecule has 14 heteroatoms. The maximum atomic E-state index is 14.3. The number of hydrogen-bond donors (Lipinski definition) is 3. The van der Waals surface area contributed by atoms with Crippen LogP contribution in [0.2, 0.25) is 0 Å². The molecule has 0 aromatic carbocycles. The third kappa shape index (κ3) is 5.62. The third-order valence-electron chi connectivity index (χ3n) is 8.40. The number of nitrogens with one attached hydrogen (secondary N) is 3. The maximum Gasteiger partial charge on any atom is 0.318 e. The second-order valence-corrected chi connectivity index (χ2v) is 13.0. The van der Waals surface area contributed by atoms with E-state index in [2.05, 4.69) is 25.2 Å². The van der Waals surface area contributed by atoms with Crippen LogP contribution in [0.4, 0.5) is 10.2 Å². The van der Waals surface area contributed by atoms with Crippen LogP contribution < -0.4 is 25.0 Å². The van der Waals surface area contributed by atoms with E-state index in [1.807, 2.05) is 10.7 Å². The summed E-state index contributed by atoms with van der Waals surface area (Å²) in [5, 5.41) is 11.1. The van der Waals surface area contributed by atoms with Gasteiger partial charge in [-0.2, -0.15) is 15.1 Å². The van der Waals surface area contributed by atoms with Crippen molar-refractivity contribution < 1.29 is 17.5 Å². The van der Waals surface area contributed by atoms with E-state index in [0.29, 0.717) is 45.2 Å². The van der Waals surface area contributed by atoms with Crippen LogP contribution >= 0.6 is 0 Å². The van der Waals surface area contributed by atoms with Crippen LogP contribution in [0.25, 0.3) is 0 Å². The van der Waals surface area contributed by atoms with E-state index in [9.17, 15) is 12.8 Å². The first-order valence-electron chi connectivity index (χ1n) is 13.9. The lowest BCUT2D eigenvalue weighted by molar-refractivity contribution is 0.107. The van der Waals surface area contributed by atoms with E-state index in [0.717, 1.165) is 80.3 Å². The summed E-state index contributed by atoms with van der Waals surface area (Å²) in [6.07, 6.45) is 3.48. The number of fused-ring (bicyclic) bond motifs is 3. The largest absolute Gasteiger partial charge is 0.461 e. The van der Waals surface area contributed by atoms with Crippen molar-refractivity contribution in [2.24, 2.45) is 0 Å². The summed E-state index contributed by atoms with van der Waals surface area (Å²) < 4.78 is 48.3. The normalized spacial score (nSPS) is 25.3. The van der Waals surface area contributed by atoms with Gasteiger partial charge in [-0.3, -0.25) is 14.9 Å². The third-order valence-corrected chi connectivity index (χ3v) is 9.61. The highest BCUT2D eigenvalue weighted by Crippen LogP contribution is 2.40. The summed E-state index contributed by atoms with van der Waals surface area (Å²) >= 11 is 0. The minimum absolute atomic E-state index is 0.160. The fourth-order valence-corrected chi connectivity index (χ4v) is 6.98. The lowest BCUT2D eigenvalue weighted by Gasteiger charge is -2.31. The molecule has 0 unspecified atom stereocenters. The molecule has 4 aliphatic rings. The van der Waals surface area contributed by atoms with Crippen molar-refractivity contribution in [3.8, 4) is 6.01 Å². The Bertz CT molecular complexity index is 1310. The molecule has 2 fully saturated rings. The zero-order valence-electron chi connectivity index (χ0n) is 22.5. The number of ether oxygens (including phenoxy) is 1. The number of aryl methyl sites for hydroxylation is 1. The first kappa shape index (κ1) is 26.8. The molecular formula is C25H38FN9O3S. The van der Waals surface area contributed by atoms with Crippen molar-refractivity contribution >= 4 is 15.8 Å². The lowest BCUT2D eigenvalue weighted by atomic mass is 9.95. The van der Waals surface area contributed by atoms with Gasteiger partial charge in [0, 0.05) is 44.7 Å². The van der Waals surface area contributed by atoms with E-state index >= 15 is 0 Å². The monoisotopic (exact) mass is 563 g/mol. The van der Waals surface area contributed by atoms with Gasteiger partial charge in [0.1, 0.15) is 24.5 Å². The maximum absolute atomic E-state index is 14.3. The molecule has 2 aromatic rings. The van der Waals surface area contributed by atoms with Gasteiger partial charge >= 0.3 is 6.01 Å². The number of alkyl halides is 1. The molecule has 2 atom stereocenters. The Morgan fingerprint density at radius 2 is 2.15 bits per heavy atom. The Kier molecular flexibility index (Phi) is 7.48. The summed E-state index contributed by atoms with van der Waals surface area (Å²) in [5.74, 6) is 0.744. The average molecular weight is 564 g/mol. The van der Waals surface area contributed by atoms with Gasteiger partial charge in [-0.25, -0.2) is 17.5 Å². The van der Waals surface area contributed by atoms with Crippen LogP contribution in [0.1, 0.15) is 48.3 Å². The number of rotatable bonds is 9. The molecule has 0 spiro atoms. The molecule has 12 nitrogen and oxygen atoms in total. The Hall–Kier alpha value is -2.39. The van der Waals surface area contributed by atoms with Crippen molar-refractivity contribution in [1.29, 1.82) is 0 Å². The Morgan fingerprint density at radius 3 is 3.03 bits per heavy atom. The average Bonchev–Trinajstić information content (AvgIpc) is 3.53. The molecule has 39 heavy (non-hydrogen) atoms. The molecule has 3 N–H and O–H groups in total. The summed E-state index contributed by atoms with van der Waals surface area (Å²) in [6.45, 7) is 5.98. The number of halogens is 1. The summed E-state index contributed by atoms with van der Waals surface area (Å²) in [4.78, 5) is 14.3. The van der Waals surface area contributed by atoms with E-state index in [-0.39, 0.29) is 11.4 Å². The summed E-state index contributed by atoms with van der Waals surface area (Å²) in [5.41, 5.74) is 3.73. The van der Waals surface area contributed by atoms with Crippen LogP contribution in [0.3, 0.4) is 0 Å². The molecule has 0 radical (unpaired) electrons. The highest BCUT2D eigenvalue weighted by molar-refractivity contribution is 7.89. The molecule has 214 valence electrons. The summed E-state index contributed by atoms with van der Waals surface area (Å²) in [6, 6.07) is 2.40. The van der Waals surface area contributed by atoms with E-state index in [4.69, 9.17) is 19.8 Å². The molecule has 0 bridgehead atoms. The number of aromatic nitrogens is 4. The molecule has 0 amide bonds. The highest BCUT2D eigenvalue weighted by Gasteiger charge is 2.49. The minimum Gasteiger partial charge on any atom is -0.461 e. The SMILES string of the molecule is CNS(=O)(=O)CNCc1cc2n(n1)CCCN(c1nc(OC[C@@]34CCCN3C[C@H](F)C4)nc3c1CCNC3)C2. The second kappa shape index (κ2) is 10.9. The topological polar surface area (TPSA) is 130 Å². The molecular weight excluding hydrogens is 525 g/mol. The Morgan fingerprint density at radius 1 is 1.26 bits per heavy atom. The Labute approximate surface area is 228 Å². The van der Waals surface area contributed by atoms with Crippen molar-refractivity contribution in [3.05, 3.63) is 28.7 Å². The van der Waals surface area contributed by atoms with Crippen molar-refractivity contribution in [2.45, 2.75) is 70.0 Å². The van der Waals surface area contributed by atoms with Crippen LogP contribution in [0.5, 0.6) is 6.01 Å².